The molecule has 0 saturated carbocycles. The Morgan fingerprint density at radius 2 is 1.65 bits per heavy atom. The first-order chi connectivity index (χ1) is 20.3. The summed E-state index contributed by atoms with van der Waals surface area (Å²) < 4.78 is 18.6. The number of halogens is 1. The Morgan fingerprint density at radius 1 is 1.00 bits per heavy atom. The molecule has 0 radical (unpaired) electrons. The Labute approximate surface area is 273 Å². The highest BCUT2D eigenvalue weighted by molar-refractivity contribution is 14.1. The van der Waals surface area contributed by atoms with E-state index in [1.165, 1.54) is 17.7 Å². The molecule has 4 atom stereocenters. The minimum absolute atomic E-state index is 0.0373. The maximum absolute atomic E-state index is 12.7. The highest BCUT2D eigenvalue weighted by Crippen LogP contribution is 2.26. The summed E-state index contributed by atoms with van der Waals surface area (Å²) in [7, 11) is 0. The van der Waals surface area contributed by atoms with Crippen molar-refractivity contribution in [2.24, 2.45) is 5.92 Å². The normalized spacial score (nSPS) is 19.0. The van der Waals surface area contributed by atoms with Crippen LogP contribution >= 0.6 is 22.6 Å². The third-order valence-corrected chi connectivity index (χ3v) is 8.55. The Kier molecular flexibility index (Phi) is 13.6. The molecule has 6 heteroatoms. The molecular formula is C37H54INO4. The van der Waals surface area contributed by atoms with Crippen LogP contribution < -0.4 is 10.2 Å². The van der Waals surface area contributed by atoms with Gasteiger partial charge in [0.25, 0.3) is 5.95 Å². The molecule has 0 N–H and O–H groups in total. The fraction of sp³-hybridized carbons (Fsp3) is 0.595. The molecular weight excluding hydrogens is 649 g/mol. The van der Waals surface area contributed by atoms with Crippen LogP contribution in [0.25, 0.3) is 11.0 Å². The van der Waals surface area contributed by atoms with Crippen LogP contribution in [0.3, 0.4) is 0 Å². The standard InChI is InChI=1S/C20H33NO.C17H21IO3/c1-15(12-21-13-16(2)22-17(3)14-21)11-18-7-9-19(10-8-18)20(4,5)6;1-4-6-11(3)20-17-13(7-5-2)16(19)14-10-12(18)8-9-15(14)21-17/h7-10,15-17H,11-14H2,1-6H3;8-11H,4-7H2,1-3H3. The van der Waals surface area contributed by atoms with Crippen LogP contribution in [0.4, 0.5) is 0 Å². The Hall–Kier alpha value is -1.90. The van der Waals surface area contributed by atoms with Gasteiger partial charge >= 0.3 is 0 Å². The summed E-state index contributed by atoms with van der Waals surface area (Å²) in [6, 6.07) is 14.8. The smallest absolute Gasteiger partial charge is 0.292 e. The first-order valence-electron chi connectivity index (χ1n) is 16.2. The topological polar surface area (TPSA) is 51.9 Å². The quantitative estimate of drug-likeness (QED) is 0.197. The van der Waals surface area contributed by atoms with E-state index in [0.717, 1.165) is 42.3 Å². The summed E-state index contributed by atoms with van der Waals surface area (Å²) in [5.74, 6) is 1.08. The molecule has 2 aromatic carbocycles. The lowest BCUT2D eigenvalue weighted by atomic mass is 9.86. The first kappa shape index (κ1) is 35.6. The Balaban J connectivity index is 0.000000236. The monoisotopic (exact) mass is 703 g/mol. The van der Waals surface area contributed by atoms with Crippen LogP contribution in [-0.2, 0) is 23.0 Å². The summed E-state index contributed by atoms with van der Waals surface area (Å²) in [5, 5.41) is 0.640. The van der Waals surface area contributed by atoms with Gasteiger partial charge in [-0.25, -0.2) is 0 Å². The summed E-state index contributed by atoms with van der Waals surface area (Å²) >= 11 is 2.21. The average Bonchev–Trinajstić information content (AvgIpc) is 2.91. The highest BCUT2D eigenvalue weighted by atomic mass is 127. The molecule has 4 unspecified atom stereocenters. The van der Waals surface area contributed by atoms with Crippen LogP contribution in [0.2, 0.25) is 0 Å². The minimum atomic E-state index is 0.0373. The predicted molar refractivity (Wildman–Crippen MR) is 189 cm³/mol. The molecule has 0 bridgehead atoms. The molecule has 238 valence electrons. The fourth-order valence-corrected chi connectivity index (χ4v) is 6.37. The number of morpholine rings is 1. The van der Waals surface area contributed by atoms with Gasteiger partial charge in [0.2, 0.25) is 0 Å². The maximum Gasteiger partial charge on any atom is 0.292 e. The zero-order chi connectivity index (χ0) is 31.7. The first-order valence-corrected chi connectivity index (χ1v) is 17.3. The molecule has 1 saturated heterocycles. The van der Waals surface area contributed by atoms with Gasteiger partial charge in [-0.2, -0.15) is 0 Å². The van der Waals surface area contributed by atoms with E-state index in [0.29, 0.717) is 47.0 Å². The lowest BCUT2D eigenvalue weighted by Gasteiger charge is -2.36. The molecule has 2 heterocycles. The summed E-state index contributed by atoms with van der Waals surface area (Å²) in [5.41, 5.74) is 4.41. The van der Waals surface area contributed by atoms with Gasteiger partial charge in [-0.05, 0) is 103 Å². The maximum atomic E-state index is 12.7. The van der Waals surface area contributed by atoms with Gasteiger partial charge in [0.1, 0.15) is 5.58 Å². The zero-order valence-corrected chi connectivity index (χ0v) is 30.1. The Bertz CT molecular complexity index is 1330. The fourth-order valence-electron chi connectivity index (χ4n) is 5.88. The van der Waals surface area contributed by atoms with E-state index in [2.05, 4.69) is 107 Å². The molecule has 3 aromatic rings. The van der Waals surface area contributed by atoms with Gasteiger partial charge in [-0.15, -0.1) is 0 Å². The van der Waals surface area contributed by atoms with Crippen molar-refractivity contribution in [3.8, 4) is 5.95 Å². The van der Waals surface area contributed by atoms with E-state index in [-0.39, 0.29) is 16.9 Å². The van der Waals surface area contributed by atoms with E-state index in [9.17, 15) is 4.79 Å². The Morgan fingerprint density at radius 3 is 2.23 bits per heavy atom. The molecule has 5 nitrogen and oxygen atoms in total. The molecule has 0 amide bonds. The van der Waals surface area contributed by atoms with Gasteiger partial charge in [0, 0.05) is 23.2 Å². The molecule has 1 aromatic heterocycles. The van der Waals surface area contributed by atoms with Gasteiger partial charge in [-0.1, -0.05) is 78.6 Å². The van der Waals surface area contributed by atoms with E-state index < -0.39 is 0 Å². The third-order valence-electron chi connectivity index (χ3n) is 7.88. The largest absolute Gasteiger partial charge is 0.462 e. The highest BCUT2D eigenvalue weighted by Gasteiger charge is 2.23. The van der Waals surface area contributed by atoms with E-state index in [1.54, 1.807) is 0 Å². The van der Waals surface area contributed by atoms with E-state index in [1.807, 2.05) is 25.1 Å². The predicted octanol–water partition coefficient (Wildman–Crippen LogP) is 9.19. The molecule has 1 fully saturated rings. The number of fused-ring (bicyclic) bond motifs is 1. The summed E-state index contributed by atoms with van der Waals surface area (Å²) in [4.78, 5) is 15.2. The van der Waals surface area contributed by atoms with Crippen LogP contribution in [0.5, 0.6) is 5.95 Å². The summed E-state index contributed by atoms with van der Waals surface area (Å²) in [6.07, 6.45) is 5.49. The minimum Gasteiger partial charge on any atom is -0.462 e. The van der Waals surface area contributed by atoms with Crippen LogP contribution in [-0.4, -0.2) is 42.8 Å². The van der Waals surface area contributed by atoms with Crippen molar-refractivity contribution in [1.82, 2.24) is 4.90 Å². The molecule has 1 aliphatic rings. The molecule has 1 aliphatic heterocycles. The van der Waals surface area contributed by atoms with E-state index in [4.69, 9.17) is 13.9 Å². The molecule has 0 spiro atoms. The van der Waals surface area contributed by atoms with Crippen molar-refractivity contribution < 1.29 is 13.9 Å². The zero-order valence-electron chi connectivity index (χ0n) is 28.0. The number of hydrogen-bond acceptors (Lipinski definition) is 5. The van der Waals surface area contributed by atoms with Gasteiger partial charge < -0.3 is 13.9 Å². The second kappa shape index (κ2) is 16.4. The number of nitrogens with zero attached hydrogens (tertiary/aromatic N) is 1. The van der Waals surface area contributed by atoms with Crippen molar-refractivity contribution in [3.63, 3.8) is 0 Å². The number of benzene rings is 2. The lowest BCUT2D eigenvalue weighted by molar-refractivity contribution is -0.0708. The second-order valence-electron chi connectivity index (χ2n) is 13.5. The van der Waals surface area contributed by atoms with Crippen LogP contribution in [0.1, 0.15) is 98.3 Å². The summed E-state index contributed by atoms with van der Waals surface area (Å²) in [6.45, 7) is 23.0. The van der Waals surface area contributed by atoms with Gasteiger partial charge in [0.15, 0.2) is 5.43 Å². The van der Waals surface area contributed by atoms with Gasteiger partial charge in [0.05, 0.1) is 29.3 Å². The van der Waals surface area contributed by atoms with E-state index >= 15 is 0 Å². The number of ether oxygens (including phenoxy) is 2. The number of hydrogen-bond donors (Lipinski definition) is 0. The van der Waals surface area contributed by atoms with Crippen LogP contribution in [0.15, 0.2) is 51.7 Å². The van der Waals surface area contributed by atoms with Crippen molar-refractivity contribution in [1.29, 1.82) is 0 Å². The molecule has 0 aliphatic carbocycles. The third kappa shape index (κ3) is 10.9. The average molecular weight is 704 g/mol. The SMILES string of the molecule is CC(Cc1ccc(C(C)(C)C)cc1)CN1CC(C)OC(C)C1.CCCc1c(OC(C)CCC)oc2ccc(I)cc2c1=O. The second-order valence-corrected chi connectivity index (χ2v) is 14.8. The van der Waals surface area contributed by atoms with Crippen molar-refractivity contribution in [2.45, 2.75) is 118 Å². The van der Waals surface area contributed by atoms with Crippen LogP contribution in [0, 0.1) is 9.49 Å². The van der Waals surface area contributed by atoms with Crippen molar-refractivity contribution >= 4 is 33.6 Å². The molecule has 43 heavy (non-hydrogen) atoms. The molecule has 4 rings (SSSR count). The van der Waals surface area contributed by atoms with Crippen molar-refractivity contribution in [2.75, 3.05) is 19.6 Å². The van der Waals surface area contributed by atoms with Gasteiger partial charge in [-0.3, -0.25) is 9.69 Å². The number of rotatable bonds is 10. The lowest BCUT2D eigenvalue weighted by Crippen LogP contribution is -2.47. The van der Waals surface area contributed by atoms with Crippen molar-refractivity contribution in [3.05, 3.63) is 72.9 Å².